The molecular formula is C12H26N2O2. The maximum atomic E-state index is 12.1. The fourth-order valence-electron chi connectivity index (χ4n) is 1.75. The summed E-state index contributed by atoms with van der Waals surface area (Å²) in [4.78, 5) is 13.8. The fraction of sp³-hybridized carbons (Fsp3) is 0.917. The molecular weight excluding hydrogens is 204 g/mol. The molecule has 4 nitrogen and oxygen atoms in total. The molecule has 0 aromatic rings. The summed E-state index contributed by atoms with van der Waals surface area (Å²) >= 11 is 0. The topological polar surface area (TPSA) is 66.6 Å². The van der Waals surface area contributed by atoms with Crippen LogP contribution in [0.2, 0.25) is 0 Å². The number of carbonyl (C=O) groups excluding carboxylic acids is 1. The van der Waals surface area contributed by atoms with Crippen LogP contribution in [0.4, 0.5) is 0 Å². The van der Waals surface area contributed by atoms with Crippen molar-refractivity contribution in [2.24, 2.45) is 11.7 Å². The molecule has 0 aromatic heterocycles. The van der Waals surface area contributed by atoms with Gasteiger partial charge in [0.25, 0.3) is 0 Å². The van der Waals surface area contributed by atoms with E-state index in [-0.39, 0.29) is 18.4 Å². The highest BCUT2D eigenvalue weighted by atomic mass is 16.3. The average Bonchev–Trinajstić information content (AvgIpc) is 2.30. The highest BCUT2D eigenvalue weighted by Crippen LogP contribution is 2.10. The van der Waals surface area contributed by atoms with Gasteiger partial charge in [-0.25, -0.2) is 0 Å². The molecule has 0 aliphatic heterocycles. The summed E-state index contributed by atoms with van der Waals surface area (Å²) in [5.41, 5.74) is 5.61. The highest BCUT2D eigenvalue weighted by Gasteiger charge is 2.21. The number of unbranched alkanes of at least 4 members (excludes halogenated alkanes) is 1. The normalized spacial score (nSPS) is 12.5. The number of rotatable bonds is 9. The fourth-order valence-corrected chi connectivity index (χ4v) is 1.75. The predicted molar refractivity (Wildman–Crippen MR) is 66.0 cm³/mol. The Kier molecular flexibility index (Phi) is 9.24. The molecule has 1 amide bonds. The van der Waals surface area contributed by atoms with Gasteiger partial charge in [0.15, 0.2) is 0 Å². The first-order valence-electron chi connectivity index (χ1n) is 6.30. The van der Waals surface area contributed by atoms with Crippen LogP contribution in [-0.2, 0) is 4.79 Å². The van der Waals surface area contributed by atoms with E-state index in [1.165, 1.54) is 0 Å². The summed E-state index contributed by atoms with van der Waals surface area (Å²) in [5.74, 6) is 0.0280. The van der Waals surface area contributed by atoms with Crippen molar-refractivity contribution >= 4 is 5.91 Å². The molecule has 0 saturated heterocycles. The molecule has 1 atom stereocenters. The van der Waals surface area contributed by atoms with Crippen molar-refractivity contribution in [1.29, 1.82) is 0 Å². The number of nitrogens with two attached hydrogens (primary N) is 1. The lowest BCUT2D eigenvalue weighted by Gasteiger charge is -2.26. The Morgan fingerprint density at radius 3 is 2.44 bits per heavy atom. The zero-order valence-electron chi connectivity index (χ0n) is 10.6. The maximum Gasteiger partial charge on any atom is 0.227 e. The van der Waals surface area contributed by atoms with Crippen LogP contribution in [0.15, 0.2) is 0 Å². The number of aliphatic hydroxyl groups is 1. The van der Waals surface area contributed by atoms with E-state index in [4.69, 9.17) is 10.8 Å². The molecule has 0 rings (SSSR count). The Labute approximate surface area is 98.8 Å². The van der Waals surface area contributed by atoms with Gasteiger partial charge in [-0.2, -0.15) is 0 Å². The molecule has 3 N–H and O–H groups in total. The first-order valence-corrected chi connectivity index (χ1v) is 6.30. The van der Waals surface area contributed by atoms with E-state index in [0.717, 1.165) is 32.2 Å². The van der Waals surface area contributed by atoms with E-state index in [9.17, 15) is 4.79 Å². The number of nitrogens with zero attached hydrogens (tertiary/aromatic N) is 1. The molecule has 0 heterocycles. The summed E-state index contributed by atoms with van der Waals surface area (Å²) in [7, 11) is 0. The molecule has 0 aliphatic rings. The Hall–Kier alpha value is -0.610. The third kappa shape index (κ3) is 5.47. The zero-order chi connectivity index (χ0) is 12.4. The molecule has 0 radical (unpaired) electrons. The van der Waals surface area contributed by atoms with Crippen molar-refractivity contribution in [3.8, 4) is 0 Å². The highest BCUT2D eigenvalue weighted by molar-refractivity contribution is 5.79. The van der Waals surface area contributed by atoms with Crippen LogP contribution < -0.4 is 5.73 Å². The number of carbonyl (C=O) groups is 1. The largest absolute Gasteiger partial charge is 0.395 e. The van der Waals surface area contributed by atoms with E-state index in [2.05, 4.69) is 13.8 Å². The number of hydrogen-bond acceptors (Lipinski definition) is 3. The van der Waals surface area contributed by atoms with Crippen LogP contribution in [0.3, 0.4) is 0 Å². The van der Waals surface area contributed by atoms with Gasteiger partial charge in [-0.3, -0.25) is 4.79 Å². The third-order valence-corrected chi connectivity index (χ3v) is 2.73. The van der Waals surface area contributed by atoms with E-state index in [1.807, 2.05) is 0 Å². The zero-order valence-corrected chi connectivity index (χ0v) is 10.6. The predicted octanol–water partition coefficient (Wildman–Crippen LogP) is 0.982. The van der Waals surface area contributed by atoms with Crippen molar-refractivity contribution in [3.63, 3.8) is 0 Å². The molecule has 0 bridgehead atoms. The Morgan fingerprint density at radius 1 is 1.31 bits per heavy atom. The minimum atomic E-state index is -0.0755. The molecule has 0 saturated carbocycles. The second kappa shape index (κ2) is 9.60. The number of hydrogen-bond donors (Lipinski definition) is 2. The SMILES string of the molecule is CCCCN(CCO)C(=O)C(CN)CCC. The third-order valence-electron chi connectivity index (χ3n) is 2.73. The van der Waals surface area contributed by atoms with Crippen LogP contribution in [0, 0.1) is 5.92 Å². The smallest absolute Gasteiger partial charge is 0.227 e. The number of amides is 1. The molecule has 0 spiro atoms. The van der Waals surface area contributed by atoms with Gasteiger partial charge in [-0.1, -0.05) is 26.7 Å². The second-order valence-electron chi connectivity index (χ2n) is 4.12. The van der Waals surface area contributed by atoms with E-state index >= 15 is 0 Å². The van der Waals surface area contributed by atoms with Gasteiger partial charge in [0.2, 0.25) is 5.91 Å². The summed E-state index contributed by atoms with van der Waals surface area (Å²) in [5, 5.41) is 8.94. The number of aliphatic hydroxyl groups excluding tert-OH is 1. The first-order chi connectivity index (χ1) is 7.71. The Balaban J connectivity index is 4.31. The summed E-state index contributed by atoms with van der Waals surface area (Å²) in [6.45, 7) is 5.74. The average molecular weight is 230 g/mol. The van der Waals surface area contributed by atoms with Crippen molar-refractivity contribution in [1.82, 2.24) is 4.90 Å². The quantitative estimate of drug-likeness (QED) is 0.620. The van der Waals surface area contributed by atoms with Crippen molar-refractivity contribution in [3.05, 3.63) is 0 Å². The molecule has 16 heavy (non-hydrogen) atoms. The minimum Gasteiger partial charge on any atom is -0.395 e. The molecule has 0 aliphatic carbocycles. The van der Waals surface area contributed by atoms with Crippen LogP contribution in [0.5, 0.6) is 0 Å². The summed E-state index contributed by atoms with van der Waals surface area (Å²) < 4.78 is 0. The molecule has 0 fully saturated rings. The Morgan fingerprint density at radius 2 is 2.00 bits per heavy atom. The van der Waals surface area contributed by atoms with Crippen LogP contribution >= 0.6 is 0 Å². The van der Waals surface area contributed by atoms with Gasteiger partial charge in [0.05, 0.1) is 12.5 Å². The second-order valence-corrected chi connectivity index (χ2v) is 4.12. The van der Waals surface area contributed by atoms with E-state index in [1.54, 1.807) is 4.90 Å². The van der Waals surface area contributed by atoms with Gasteiger partial charge < -0.3 is 15.7 Å². The van der Waals surface area contributed by atoms with Crippen molar-refractivity contribution in [2.45, 2.75) is 39.5 Å². The monoisotopic (exact) mass is 230 g/mol. The Bertz CT molecular complexity index is 186. The van der Waals surface area contributed by atoms with Crippen molar-refractivity contribution < 1.29 is 9.90 Å². The lowest BCUT2D eigenvalue weighted by molar-refractivity contribution is -0.136. The molecule has 0 aromatic carbocycles. The first kappa shape index (κ1) is 15.4. The van der Waals surface area contributed by atoms with E-state index < -0.39 is 0 Å². The molecule has 1 unspecified atom stereocenters. The standard InChI is InChI=1S/C12H26N2O2/c1-3-5-7-14(8-9-15)12(16)11(10-13)6-4-2/h11,15H,3-10,13H2,1-2H3. The van der Waals surface area contributed by atoms with Gasteiger partial charge in [0, 0.05) is 19.6 Å². The van der Waals surface area contributed by atoms with E-state index in [0.29, 0.717) is 13.1 Å². The van der Waals surface area contributed by atoms with Gasteiger partial charge in [-0.15, -0.1) is 0 Å². The summed E-state index contributed by atoms with van der Waals surface area (Å²) in [6.07, 6.45) is 3.84. The minimum absolute atomic E-state index is 0.0267. The van der Waals surface area contributed by atoms with Gasteiger partial charge in [0.1, 0.15) is 0 Å². The van der Waals surface area contributed by atoms with Crippen LogP contribution in [-0.4, -0.2) is 42.2 Å². The molecule has 4 heteroatoms. The van der Waals surface area contributed by atoms with Crippen LogP contribution in [0.25, 0.3) is 0 Å². The van der Waals surface area contributed by atoms with Crippen molar-refractivity contribution in [2.75, 3.05) is 26.2 Å². The molecule has 96 valence electrons. The maximum absolute atomic E-state index is 12.1. The lowest BCUT2D eigenvalue weighted by atomic mass is 10.0. The lowest BCUT2D eigenvalue weighted by Crippen LogP contribution is -2.41. The van der Waals surface area contributed by atoms with Gasteiger partial charge >= 0.3 is 0 Å². The van der Waals surface area contributed by atoms with Crippen LogP contribution in [0.1, 0.15) is 39.5 Å². The summed E-state index contributed by atoms with van der Waals surface area (Å²) in [6, 6.07) is 0. The van der Waals surface area contributed by atoms with Gasteiger partial charge in [-0.05, 0) is 12.8 Å².